The van der Waals surface area contributed by atoms with Gasteiger partial charge in [-0.2, -0.15) is 0 Å². The third kappa shape index (κ3) is 2.66. The molecule has 6 nitrogen and oxygen atoms in total. The van der Waals surface area contributed by atoms with E-state index in [-0.39, 0.29) is 18.0 Å². The van der Waals surface area contributed by atoms with Crippen LogP contribution >= 0.6 is 12.4 Å². The molecule has 0 amide bonds. The van der Waals surface area contributed by atoms with Crippen molar-refractivity contribution < 1.29 is 9.90 Å². The quantitative estimate of drug-likeness (QED) is 0.772. The van der Waals surface area contributed by atoms with E-state index in [9.17, 15) is 4.79 Å². The summed E-state index contributed by atoms with van der Waals surface area (Å²) in [6.45, 7) is 2.49. The van der Waals surface area contributed by atoms with Gasteiger partial charge in [0, 0.05) is 18.3 Å². The molecule has 0 radical (unpaired) electrons. The fourth-order valence-corrected chi connectivity index (χ4v) is 2.36. The molecule has 0 aliphatic heterocycles. The predicted octanol–water partition coefficient (Wildman–Crippen LogP) is 2.28. The minimum Gasteiger partial charge on any atom is -0.478 e. The number of carboxylic acids is 1. The topological polar surface area (TPSA) is 93.5 Å². The van der Waals surface area contributed by atoms with Crippen molar-refractivity contribution in [2.24, 2.45) is 5.73 Å². The SMILES string of the molecule is Cc1cc(-c2cnnn3cc(C(=O)O)cc23)ccc1CN.Cl. The Balaban J connectivity index is 0.00000176. The van der Waals surface area contributed by atoms with Crippen LogP contribution < -0.4 is 5.73 Å². The molecule has 2 heterocycles. The van der Waals surface area contributed by atoms with Crippen molar-refractivity contribution in [3.63, 3.8) is 0 Å². The second-order valence-electron chi connectivity index (χ2n) is 4.86. The van der Waals surface area contributed by atoms with Crippen LogP contribution in [0.3, 0.4) is 0 Å². The summed E-state index contributed by atoms with van der Waals surface area (Å²) in [4.78, 5) is 11.1. The Labute approximate surface area is 133 Å². The van der Waals surface area contributed by atoms with Crippen LogP contribution in [-0.2, 0) is 6.54 Å². The summed E-state index contributed by atoms with van der Waals surface area (Å²) in [6.07, 6.45) is 3.09. The molecule has 0 aliphatic rings. The van der Waals surface area contributed by atoms with Crippen molar-refractivity contribution in [2.45, 2.75) is 13.5 Å². The summed E-state index contributed by atoms with van der Waals surface area (Å²) in [5.41, 5.74) is 10.5. The first-order valence-electron chi connectivity index (χ1n) is 6.47. The highest BCUT2D eigenvalue weighted by atomic mass is 35.5. The highest BCUT2D eigenvalue weighted by molar-refractivity contribution is 5.92. The van der Waals surface area contributed by atoms with E-state index in [1.54, 1.807) is 12.3 Å². The second-order valence-corrected chi connectivity index (χ2v) is 4.86. The first-order valence-corrected chi connectivity index (χ1v) is 6.47. The van der Waals surface area contributed by atoms with E-state index in [0.717, 1.165) is 22.3 Å². The van der Waals surface area contributed by atoms with Gasteiger partial charge in [-0.25, -0.2) is 9.31 Å². The van der Waals surface area contributed by atoms with E-state index in [0.29, 0.717) is 12.1 Å². The van der Waals surface area contributed by atoms with Crippen LogP contribution in [0.2, 0.25) is 0 Å². The standard InChI is InChI=1S/C15H14N4O2.ClH/c1-9-4-10(2-3-11(9)6-16)13-7-17-18-19-8-12(15(20)21)5-14(13)19;/h2-5,7-8H,6,16H2,1H3,(H,20,21);1H. The largest absolute Gasteiger partial charge is 0.478 e. The molecule has 0 saturated carbocycles. The maximum absolute atomic E-state index is 11.1. The van der Waals surface area contributed by atoms with Crippen molar-refractivity contribution in [3.05, 3.63) is 53.3 Å². The Kier molecular flexibility index (Phi) is 4.44. The molecule has 0 bridgehead atoms. The van der Waals surface area contributed by atoms with Crippen molar-refractivity contribution >= 4 is 23.9 Å². The fourth-order valence-electron chi connectivity index (χ4n) is 2.36. The molecular weight excluding hydrogens is 304 g/mol. The Morgan fingerprint density at radius 2 is 2.14 bits per heavy atom. The Morgan fingerprint density at radius 3 is 2.77 bits per heavy atom. The number of hydrogen-bond acceptors (Lipinski definition) is 4. The molecule has 3 rings (SSSR count). The molecule has 22 heavy (non-hydrogen) atoms. The number of benzene rings is 1. The molecule has 1 aromatic carbocycles. The van der Waals surface area contributed by atoms with Crippen molar-refractivity contribution in [1.82, 2.24) is 14.8 Å². The lowest BCUT2D eigenvalue weighted by Crippen LogP contribution is -1.99. The first-order chi connectivity index (χ1) is 10.1. The monoisotopic (exact) mass is 318 g/mol. The summed E-state index contributed by atoms with van der Waals surface area (Å²) in [6, 6.07) is 7.55. The van der Waals surface area contributed by atoms with Gasteiger partial charge in [-0.1, -0.05) is 23.4 Å². The van der Waals surface area contributed by atoms with E-state index < -0.39 is 5.97 Å². The van der Waals surface area contributed by atoms with Gasteiger partial charge in [0.2, 0.25) is 0 Å². The third-order valence-corrected chi connectivity index (χ3v) is 3.53. The molecule has 7 heteroatoms. The molecule has 0 saturated heterocycles. The Bertz CT molecular complexity index is 845. The molecule has 0 unspecified atom stereocenters. The van der Waals surface area contributed by atoms with Crippen LogP contribution in [0.4, 0.5) is 0 Å². The van der Waals surface area contributed by atoms with E-state index in [2.05, 4.69) is 10.3 Å². The lowest BCUT2D eigenvalue weighted by Gasteiger charge is -2.07. The van der Waals surface area contributed by atoms with Crippen LogP contribution in [0, 0.1) is 6.92 Å². The number of aromatic carboxylic acids is 1. The highest BCUT2D eigenvalue weighted by Crippen LogP contribution is 2.26. The molecule has 0 atom stereocenters. The van der Waals surface area contributed by atoms with Gasteiger partial charge in [0.25, 0.3) is 0 Å². The summed E-state index contributed by atoms with van der Waals surface area (Å²) in [5, 5.41) is 16.9. The molecule has 3 aromatic rings. The highest BCUT2D eigenvalue weighted by Gasteiger charge is 2.12. The minimum absolute atomic E-state index is 0. The zero-order valence-corrected chi connectivity index (χ0v) is 12.7. The van der Waals surface area contributed by atoms with Gasteiger partial charge >= 0.3 is 5.97 Å². The first kappa shape index (κ1) is 15.9. The molecular formula is C15H15ClN4O2. The second kappa shape index (κ2) is 6.13. The maximum Gasteiger partial charge on any atom is 0.337 e. The number of halogens is 1. The summed E-state index contributed by atoms with van der Waals surface area (Å²) in [7, 11) is 0. The fraction of sp³-hybridized carbons (Fsp3) is 0.133. The number of nitrogens with two attached hydrogens (primary N) is 1. The predicted molar refractivity (Wildman–Crippen MR) is 85.3 cm³/mol. The summed E-state index contributed by atoms with van der Waals surface area (Å²) in [5.74, 6) is -0.985. The van der Waals surface area contributed by atoms with Crippen LogP contribution in [0.5, 0.6) is 0 Å². The smallest absolute Gasteiger partial charge is 0.337 e. The zero-order chi connectivity index (χ0) is 15.0. The molecule has 114 valence electrons. The number of hydrogen-bond donors (Lipinski definition) is 2. The zero-order valence-electron chi connectivity index (χ0n) is 11.9. The molecule has 0 aliphatic carbocycles. The van der Waals surface area contributed by atoms with Gasteiger partial charge in [-0.15, -0.1) is 17.5 Å². The van der Waals surface area contributed by atoms with Crippen LogP contribution in [0.1, 0.15) is 21.5 Å². The van der Waals surface area contributed by atoms with E-state index in [1.165, 1.54) is 10.7 Å². The van der Waals surface area contributed by atoms with Crippen LogP contribution in [0.15, 0.2) is 36.7 Å². The van der Waals surface area contributed by atoms with Crippen LogP contribution in [0.25, 0.3) is 16.6 Å². The number of fused-ring (bicyclic) bond motifs is 1. The number of carboxylic acid groups (broad SMARTS) is 1. The molecule has 0 fully saturated rings. The van der Waals surface area contributed by atoms with E-state index >= 15 is 0 Å². The Morgan fingerprint density at radius 1 is 1.36 bits per heavy atom. The van der Waals surface area contributed by atoms with Gasteiger partial charge in [0.05, 0.1) is 17.3 Å². The average molecular weight is 319 g/mol. The van der Waals surface area contributed by atoms with E-state index in [1.807, 2.05) is 25.1 Å². The number of aryl methyl sites for hydroxylation is 1. The van der Waals surface area contributed by atoms with Gasteiger partial charge in [0.15, 0.2) is 0 Å². The third-order valence-electron chi connectivity index (χ3n) is 3.53. The number of aromatic nitrogens is 3. The average Bonchev–Trinajstić information content (AvgIpc) is 2.91. The number of rotatable bonds is 3. The van der Waals surface area contributed by atoms with Gasteiger partial charge in [0.1, 0.15) is 0 Å². The van der Waals surface area contributed by atoms with Crippen molar-refractivity contribution in [1.29, 1.82) is 0 Å². The van der Waals surface area contributed by atoms with Gasteiger partial charge in [-0.3, -0.25) is 0 Å². The normalized spacial score (nSPS) is 10.5. The maximum atomic E-state index is 11.1. The lowest BCUT2D eigenvalue weighted by molar-refractivity contribution is 0.0697. The molecule has 3 N–H and O–H groups in total. The number of carbonyl (C=O) groups is 1. The number of nitrogens with zero attached hydrogens (tertiary/aromatic N) is 3. The summed E-state index contributed by atoms with van der Waals surface area (Å²) >= 11 is 0. The van der Waals surface area contributed by atoms with Crippen molar-refractivity contribution in [2.75, 3.05) is 0 Å². The minimum atomic E-state index is -0.985. The molecule has 0 spiro atoms. The van der Waals surface area contributed by atoms with Gasteiger partial charge < -0.3 is 10.8 Å². The van der Waals surface area contributed by atoms with Gasteiger partial charge in [-0.05, 0) is 29.7 Å². The Hall–Kier alpha value is -2.44. The van der Waals surface area contributed by atoms with E-state index in [4.69, 9.17) is 10.8 Å². The van der Waals surface area contributed by atoms with Crippen LogP contribution in [-0.4, -0.2) is 25.9 Å². The van der Waals surface area contributed by atoms with Crippen molar-refractivity contribution in [3.8, 4) is 11.1 Å². The summed E-state index contributed by atoms with van der Waals surface area (Å²) < 4.78 is 1.48. The lowest BCUT2D eigenvalue weighted by atomic mass is 10.0. The molecule has 2 aromatic heterocycles.